The molecule has 8 nitrogen and oxygen atoms in total. The van der Waals surface area contributed by atoms with Crippen molar-refractivity contribution >= 4 is 62.3 Å². The Kier molecular flexibility index (Phi) is 8.33. The molecule has 1 saturated heterocycles. The molecule has 12 heteroatoms. The average molecular weight is 580 g/mol. The second kappa shape index (κ2) is 11.5. The second-order valence-corrected chi connectivity index (χ2v) is 10.9. The van der Waals surface area contributed by atoms with Crippen molar-refractivity contribution in [2.24, 2.45) is 0 Å². The summed E-state index contributed by atoms with van der Waals surface area (Å²) in [6.45, 7) is 0.160. The van der Waals surface area contributed by atoms with Gasteiger partial charge in [0, 0.05) is 5.02 Å². The minimum absolute atomic E-state index is 0.0360. The molecule has 2 amide bonds. The number of hydrogen-bond donors (Lipinski definition) is 0. The molecule has 0 atom stereocenters. The van der Waals surface area contributed by atoms with Gasteiger partial charge < -0.3 is 13.7 Å². The van der Waals surface area contributed by atoms with Crippen LogP contribution in [0.5, 0.6) is 17.2 Å². The molecular weight excluding hydrogens is 561 g/mol. The lowest BCUT2D eigenvalue weighted by molar-refractivity contribution is -0.123. The summed E-state index contributed by atoms with van der Waals surface area (Å²) >= 11 is 12.9. The fourth-order valence-electron chi connectivity index (χ4n) is 3.28. The van der Waals surface area contributed by atoms with E-state index in [1.54, 1.807) is 42.5 Å². The summed E-state index contributed by atoms with van der Waals surface area (Å²) < 4.78 is 41.4. The zero-order valence-corrected chi connectivity index (χ0v) is 22.4. The molecule has 0 spiro atoms. The molecule has 4 rings (SSSR count). The lowest BCUT2D eigenvalue weighted by atomic mass is 10.2. The maximum Gasteiger partial charge on any atom is 0.339 e. The van der Waals surface area contributed by atoms with Crippen molar-refractivity contribution in [3.63, 3.8) is 0 Å². The van der Waals surface area contributed by atoms with Gasteiger partial charge in [0.15, 0.2) is 5.75 Å². The number of carbonyl (C=O) groups is 2. The summed E-state index contributed by atoms with van der Waals surface area (Å²) in [7, 11) is -2.84. The van der Waals surface area contributed by atoms with Crippen LogP contribution in [0.2, 0.25) is 10.0 Å². The molecular formula is C25H19Cl2NO7S2. The Balaban J connectivity index is 1.49. The number of benzene rings is 3. The largest absolute Gasteiger partial charge is 0.493 e. The van der Waals surface area contributed by atoms with Crippen LogP contribution in [0.15, 0.2) is 76.5 Å². The minimum Gasteiger partial charge on any atom is -0.493 e. The van der Waals surface area contributed by atoms with Gasteiger partial charge in [-0.1, -0.05) is 41.4 Å². The lowest BCUT2D eigenvalue weighted by Gasteiger charge is -2.14. The quantitative estimate of drug-likeness (QED) is 0.229. The number of methoxy groups -OCH3 is 1. The van der Waals surface area contributed by atoms with E-state index in [9.17, 15) is 18.0 Å². The zero-order chi connectivity index (χ0) is 26.6. The summed E-state index contributed by atoms with van der Waals surface area (Å²) in [4.78, 5) is 26.5. The Morgan fingerprint density at radius 2 is 1.70 bits per heavy atom. The highest BCUT2D eigenvalue weighted by Crippen LogP contribution is 2.40. The van der Waals surface area contributed by atoms with Crippen molar-refractivity contribution in [2.75, 3.05) is 20.3 Å². The maximum absolute atomic E-state index is 12.8. The van der Waals surface area contributed by atoms with Crippen LogP contribution in [0, 0.1) is 0 Å². The number of rotatable bonds is 9. The van der Waals surface area contributed by atoms with Crippen molar-refractivity contribution in [3.05, 3.63) is 87.2 Å². The molecule has 3 aromatic rings. The maximum atomic E-state index is 12.8. The van der Waals surface area contributed by atoms with Gasteiger partial charge in [-0.3, -0.25) is 14.5 Å². The summed E-state index contributed by atoms with van der Waals surface area (Å²) in [6.07, 6.45) is 1.47. The third-order valence-corrected chi connectivity index (χ3v) is 7.72. The van der Waals surface area contributed by atoms with Gasteiger partial charge in [0.1, 0.15) is 17.3 Å². The number of hydrogen-bond acceptors (Lipinski definition) is 8. The number of carbonyl (C=O) groups excluding carboxylic acids is 2. The summed E-state index contributed by atoms with van der Waals surface area (Å²) in [5, 5.41) is 0.0706. The molecule has 0 bridgehead atoms. The fraction of sp³-hybridized carbons (Fsp3) is 0.120. The van der Waals surface area contributed by atoms with Crippen LogP contribution in [-0.4, -0.2) is 44.7 Å². The molecule has 0 aromatic heterocycles. The first-order valence-corrected chi connectivity index (χ1v) is 13.7. The van der Waals surface area contributed by atoms with Crippen LogP contribution < -0.4 is 13.7 Å². The first-order chi connectivity index (χ1) is 17.7. The molecule has 0 radical (unpaired) electrons. The van der Waals surface area contributed by atoms with E-state index in [1.807, 2.05) is 0 Å². The Labute approximate surface area is 227 Å². The van der Waals surface area contributed by atoms with Crippen LogP contribution in [0.25, 0.3) is 6.08 Å². The molecule has 192 valence electrons. The zero-order valence-electron chi connectivity index (χ0n) is 19.2. The lowest BCUT2D eigenvalue weighted by Crippen LogP contribution is -2.32. The first kappa shape index (κ1) is 26.9. The van der Waals surface area contributed by atoms with Gasteiger partial charge in [0.05, 0.1) is 23.6 Å². The Morgan fingerprint density at radius 3 is 2.38 bits per heavy atom. The third-order valence-electron chi connectivity index (χ3n) is 5.05. The van der Waals surface area contributed by atoms with Crippen molar-refractivity contribution < 1.29 is 31.7 Å². The summed E-state index contributed by atoms with van der Waals surface area (Å²) in [5.41, 5.74) is 0.411. The van der Waals surface area contributed by atoms with Gasteiger partial charge in [0.2, 0.25) is 5.75 Å². The highest BCUT2D eigenvalue weighted by molar-refractivity contribution is 8.18. The number of nitrogens with zero attached hydrogens (tertiary/aromatic N) is 1. The molecule has 0 unspecified atom stereocenters. The molecule has 37 heavy (non-hydrogen) atoms. The second-order valence-electron chi connectivity index (χ2n) is 7.52. The molecule has 0 saturated carbocycles. The normalized spacial score (nSPS) is 14.8. The van der Waals surface area contributed by atoms with Gasteiger partial charge in [-0.05, 0) is 71.9 Å². The number of thioether (sulfide) groups is 1. The van der Waals surface area contributed by atoms with E-state index in [0.29, 0.717) is 16.3 Å². The van der Waals surface area contributed by atoms with E-state index in [0.717, 1.165) is 16.7 Å². The third kappa shape index (κ3) is 6.40. The van der Waals surface area contributed by atoms with Crippen LogP contribution >= 0.6 is 35.0 Å². The monoisotopic (exact) mass is 579 g/mol. The van der Waals surface area contributed by atoms with Crippen LogP contribution in [0.4, 0.5) is 4.79 Å². The Morgan fingerprint density at radius 1 is 1.00 bits per heavy atom. The molecule has 1 heterocycles. The minimum atomic E-state index is -4.17. The van der Waals surface area contributed by atoms with Crippen molar-refractivity contribution in [2.45, 2.75) is 4.90 Å². The molecule has 3 aromatic carbocycles. The van der Waals surface area contributed by atoms with Gasteiger partial charge >= 0.3 is 10.1 Å². The summed E-state index contributed by atoms with van der Waals surface area (Å²) in [6, 6.07) is 17.2. The number of amides is 2. The topological polar surface area (TPSA) is 99.2 Å². The summed E-state index contributed by atoms with van der Waals surface area (Å²) in [5.74, 6) is -0.0894. The Bertz CT molecular complexity index is 1460. The SMILES string of the molecule is COc1cc(/C=C2\SC(=O)N(CCOc3ccc(Cl)cc3)C2=O)cc(Cl)c1OS(=O)(=O)c1ccccc1. The molecule has 0 aliphatic carbocycles. The van der Waals surface area contributed by atoms with E-state index in [-0.39, 0.29) is 39.5 Å². The van der Waals surface area contributed by atoms with Crippen molar-refractivity contribution in [3.8, 4) is 17.2 Å². The molecule has 1 fully saturated rings. The highest BCUT2D eigenvalue weighted by Gasteiger charge is 2.35. The highest BCUT2D eigenvalue weighted by atomic mass is 35.5. The van der Waals surface area contributed by atoms with Gasteiger partial charge in [-0.25, -0.2) is 0 Å². The number of ether oxygens (including phenoxy) is 2. The Hall–Kier alpha value is -3.18. The molecule has 1 aliphatic rings. The van der Waals surface area contributed by atoms with Gasteiger partial charge in [-0.2, -0.15) is 8.42 Å². The number of halogens is 2. The predicted molar refractivity (Wildman–Crippen MR) is 142 cm³/mol. The van der Waals surface area contributed by atoms with E-state index in [2.05, 4.69) is 0 Å². The average Bonchev–Trinajstić information content (AvgIpc) is 3.14. The van der Waals surface area contributed by atoms with Crippen LogP contribution in [0.1, 0.15) is 5.56 Å². The molecule has 1 aliphatic heterocycles. The smallest absolute Gasteiger partial charge is 0.339 e. The van der Waals surface area contributed by atoms with Crippen molar-refractivity contribution in [1.29, 1.82) is 0 Å². The van der Waals surface area contributed by atoms with E-state index < -0.39 is 21.3 Å². The van der Waals surface area contributed by atoms with Crippen molar-refractivity contribution in [1.82, 2.24) is 4.90 Å². The van der Waals surface area contributed by atoms with Gasteiger partial charge in [0.25, 0.3) is 11.1 Å². The van der Waals surface area contributed by atoms with Gasteiger partial charge in [-0.15, -0.1) is 0 Å². The fourth-order valence-corrected chi connectivity index (χ4v) is 5.55. The molecule has 0 N–H and O–H groups in total. The predicted octanol–water partition coefficient (Wildman–Crippen LogP) is 5.89. The standard InChI is InChI=1S/C25H19Cl2NO7S2/c1-33-21-14-16(13-20(27)23(21)35-37(31,32)19-5-3-2-4-6-19)15-22-24(29)28(25(30)36-22)11-12-34-18-9-7-17(26)8-10-18/h2-10,13-15H,11-12H2,1H3/b22-15-. The van der Waals surface area contributed by atoms with Crippen LogP contribution in [0.3, 0.4) is 0 Å². The van der Waals surface area contributed by atoms with Crippen LogP contribution in [-0.2, 0) is 14.9 Å². The first-order valence-electron chi connectivity index (χ1n) is 10.7. The van der Waals surface area contributed by atoms with E-state index >= 15 is 0 Å². The number of imide groups is 1. The van der Waals surface area contributed by atoms with E-state index in [1.165, 1.54) is 37.5 Å². The van der Waals surface area contributed by atoms with E-state index in [4.69, 9.17) is 36.9 Å².